The van der Waals surface area contributed by atoms with Gasteiger partial charge in [-0.1, -0.05) is 37.3 Å². The van der Waals surface area contributed by atoms with Crippen LogP contribution >= 0.6 is 0 Å². The molecule has 1 unspecified atom stereocenters. The zero-order chi connectivity index (χ0) is 13.9. The molecule has 0 N–H and O–H groups in total. The highest BCUT2D eigenvalue weighted by molar-refractivity contribution is 5.84. The van der Waals surface area contributed by atoms with Crippen molar-refractivity contribution in [2.75, 3.05) is 32.7 Å². The fourth-order valence-corrected chi connectivity index (χ4v) is 3.19. The Bertz CT molecular complexity index is 447. The molecular weight excluding hydrogens is 248 g/mol. The quantitative estimate of drug-likeness (QED) is 0.840. The first-order chi connectivity index (χ1) is 9.79. The van der Waals surface area contributed by atoms with Crippen LogP contribution < -0.4 is 0 Å². The number of amides is 1. The van der Waals surface area contributed by atoms with Crippen LogP contribution in [0.2, 0.25) is 0 Å². The van der Waals surface area contributed by atoms with E-state index in [-0.39, 0.29) is 5.92 Å². The Morgan fingerprint density at radius 3 is 2.35 bits per heavy atom. The molecule has 1 aromatic carbocycles. The van der Waals surface area contributed by atoms with Crippen LogP contribution in [0.1, 0.15) is 31.2 Å². The first-order valence-corrected chi connectivity index (χ1v) is 7.85. The van der Waals surface area contributed by atoms with Crippen molar-refractivity contribution in [3.05, 3.63) is 35.9 Å². The lowest BCUT2D eigenvalue weighted by molar-refractivity contribution is -0.135. The van der Waals surface area contributed by atoms with E-state index in [0.717, 1.165) is 32.7 Å². The van der Waals surface area contributed by atoms with Gasteiger partial charge in [0.05, 0.1) is 5.92 Å². The topological polar surface area (TPSA) is 23.6 Å². The van der Waals surface area contributed by atoms with Crippen LogP contribution in [0.4, 0.5) is 0 Å². The molecule has 0 aromatic heterocycles. The van der Waals surface area contributed by atoms with Crippen molar-refractivity contribution < 1.29 is 4.79 Å². The van der Waals surface area contributed by atoms with E-state index in [0.29, 0.717) is 11.8 Å². The van der Waals surface area contributed by atoms with Gasteiger partial charge in [-0.25, -0.2) is 0 Å². The molecule has 1 aromatic rings. The Morgan fingerprint density at radius 1 is 1.15 bits per heavy atom. The van der Waals surface area contributed by atoms with E-state index in [4.69, 9.17) is 0 Å². The number of hydrogen-bond acceptors (Lipinski definition) is 2. The van der Waals surface area contributed by atoms with Gasteiger partial charge in [-0.2, -0.15) is 0 Å². The van der Waals surface area contributed by atoms with Gasteiger partial charge in [-0.05, 0) is 30.9 Å². The maximum atomic E-state index is 12.9. The average Bonchev–Trinajstić information content (AvgIpc) is 3.33. The highest BCUT2D eigenvalue weighted by atomic mass is 16.2. The average molecular weight is 272 g/mol. The summed E-state index contributed by atoms with van der Waals surface area (Å²) in [7, 11) is 0. The van der Waals surface area contributed by atoms with Gasteiger partial charge in [0.15, 0.2) is 0 Å². The number of likely N-dealkylation sites (N-methyl/N-ethyl adjacent to an activating group) is 1. The molecule has 0 bridgehead atoms. The summed E-state index contributed by atoms with van der Waals surface area (Å²) in [6.07, 6.45) is 2.42. The van der Waals surface area contributed by atoms with Crippen molar-refractivity contribution in [2.45, 2.75) is 25.7 Å². The number of carbonyl (C=O) groups excluding carboxylic acids is 1. The van der Waals surface area contributed by atoms with Gasteiger partial charge in [0.1, 0.15) is 0 Å². The Morgan fingerprint density at radius 2 is 1.80 bits per heavy atom. The normalized spacial score (nSPS) is 21.8. The van der Waals surface area contributed by atoms with E-state index in [2.05, 4.69) is 28.9 Å². The van der Waals surface area contributed by atoms with Gasteiger partial charge in [0.2, 0.25) is 5.91 Å². The molecule has 3 nitrogen and oxygen atoms in total. The summed E-state index contributed by atoms with van der Waals surface area (Å²) in [6.45, 7) is 7.11. The molecule has 0 radical (unpaired) electrons. The van der Waals surface area contributed by atoms with Crippen molar-refractivity contribution >= 4 is 5.91 Å². The summed E-state index contributed by atoms with van der Waals surface area (Å²) >= 11 is 0. The van der Waals surface area contributed by atoms with E-state index in [1.54, 1.807) is 0 Å². The number of nitrogens with zero attached hydrogens (tertiary/aromatic N) is 2. The molecule has 1 aliphatic heterocycles. The molecule has 1 saturated carbocycles. The van der Waals surface area contributed by atoms with E-state index in [1.807, 2.05) is 18.2 Å². The lowest BCUT2D eigenvalue weighted by Gasteiger charge is -2.36. The van der Waals surface area contributed by atoms with Crippen LogP contribution in [0, 0.1) is 5.92 Å². The zero-order valence-corrected chi connectivity index (χ0v) is 12.3. The largest absolute Gasteiger partial charge is 0.340 e. The summed E-state index contributed by atoms with van der Waals surface area (Å²) < 4.78 is 0. The standard InChI is InChI=1S/C17H24N2O/c1-2-18-10-12-19(13-11-18)17(20)16(15-8-9-15)14-6-4-3-5-7-14/h3-7,15-16H,2,8-13H2,1H3. The molecule has 1 saturated heterocycles. The van der Waals surface area contributed by atoms with Gasteiger partial charge in [-0.3, -0.25) is 4.79 Å². The summed E-state index contributed by atoms with van der Waals surface area (Å²) in [5, 5.41) is 0. The number of rotatable bonds is 4. The SMILES string of the molecule is CCN1CCN(C(=O)C(c2ccccc2)C2CC2)CC1. The third-order valence-electron chi connectivity index (χ3n) is 4.65. The van der Waals surface area contributed by atoms with E-state index in [1.165, 1.54) is 18.4 Å². The maximum absolute atomic E-state index is 12.9. The number of piperazine rings is 1. The predicted molar refractivity (Wildman–Crippen MR) is 80.6 cm³/mol. The van der Waals surface area contributed by atoms with E-state index < -0.39 is 0 Å². The third kappa shape index (κ3) is 2.88. The molecule has 20 heavy (non-hydrogen) atoms. The van der Waals surface area contributed by atoms with Crippen molar-refractivity contribution in [3.8, 4) is 0 Å². The Balaban J connectivity index is 1.71. The highest BCUT2D eigenvalue weighted by Gasteiger charge is 2.39. The van der Waals surface area contributed by atoms with Crippen molar-refractivity contribution in [1.29, 1.82) is 0 Å². The molecule has 1 aliphatic carbocycles. The molecule has 3 rings (SSSR count). The lowest BCUT2D eigenvalue weighted by Crippen LogP contribution is -2.50. The highest BCUT2D eigenvalue weighted by Crippen LogP contribution is 2.43. The smallest absolute Gasteiger partial charge is 0.230 e. The fraction of sp³-hybridized carbons (Fsp3) is 0.588. The van der Waals surface area contributed by atoms with Crippen molar-refractivity contribution in [1.82, 2.24) is 9.80 Å². The Hall–Kier alpha value is -1.35. The Kier molecular flexibility index (Phi) is 4.06. The zero-order valence-electron chi connectivity index (χ0n) is 12.3. The lowest BCUT2D eigenvalue weighted by atomic mass is 9.92. The van der Waals surface area contributed by atoms with Crippen molar-refractivity contribution in [2.24, 2.45) is 5.92 Å². The summed E-state index contributed by atoms with van der Waals surface area (Å²) in [6, 6.07) is 10.4. The molecule has 3 heteroatoms. The minimum atomic E-state index is 0.101. The molecule has 108 valence electrons. The molecule has 2 aliphatic rings. The number of carbonyl (C=O) groups is 1. The third-order valence-corrected chi connectivity index (χ3v) is 4.65. The van der Waals surface area contributed by atoms with E-state index >= 15 is 0 Å². The first-order valence-electron chi connectivity index (χ1n) is 7.85. The van der Waals surface area contributed by atoms with Crippen LogP contribution in [0.5, 0.6) is 0 Å². The van der Waals surface area contributed by atoms with Gasteiger partial charge < -0.3 is 9.80 Å². The number of hydrogen-bond donors (Lipinski definition) is 0. The number of benzene rings is 1. The molecule has 1 heterocycles. The monoisotopic (exact) mass is 272 g/mol. The molecule has 0 spiro atoms. The van der Waals surface area contributed by atoms with Crippen LogP contribution in [0.25, 0.3) is 0 Å². The minimum absolute atomic E-state index is 0.101. The fourth-order valence-electron chi connectivity index (χ4n) is 3.19. The van der Waals surface area contributed by atoms with Gasteiger partial charge in [0, 0.05) is 26.2 Å². The second-order valence-electron chi connectivity index (χ2n) is 5.99. The second-order valence-corrected chi connectivity index (χ2v) is 5.99. The summed E-state index contributed by atoms with van der Waals surface area (Å²) in [4.78, 5) is 17.4. The van der Waals surface area contributed by atoms with Gasteiger partial charge >= 0.3 is 0 Å². The minimum Gasteiger partial charge on any atom is -0.340 e. The predicted octanol–water partition coefficient (Wildman–Crippen LogP) is 2.34. The second kappa shape index (κ2) is 5.96. The summed E-state index contributed by atoms with van der Waals surface area (Å²) in [5.74, 6) is 1.04. The summed E-state index contributed by atoms with van der Waals surface area (Å²) in [5.41, 5.74) is 1.21. The van der Waals surface area contributed by atoms with E-state index in [9.17, 15) is 4.79 Å². The van der Waals surface area contributed by atoms with Crippen molar-refractivity contribution in [3.63, 3.8) is 0 Å². The van der Waals surface area contributed by atoms with Crippen LogP contribution in [-0.2, 0) is 4.79 Å². The maximum Gasteiger partial charge on any atom is 0.230 e. The molecule has 2 fully saturated rings. The molecular formula is C17H24N2O. The van der Waals surface area contributed by atoms with Gasteiger partial charge in [-0.15, -0.1) is 0 Å². The molecule has 1 atom stereocenters. The Labute approximate surface area is 121 Å². The molecule has 1 amide bonds. The van der Waals surface area contributed by atoms with Crippen LogP contribution in [-0.4, -0.2) is 48.4 Å². The van der Waals surface area contributed by atoms with Crippen LogP contribution in [0.3, 0.4) is 0 Å². The van der Waals surface area contributed by atoms with Gasteiger partial charge in [0.25, 0.3) is 0 Å². The first kappa shape index (κ1) is 13.6. The van der Waals surface area contributed by atoms with Crippen LogP contribution in [0.15, 0.2) is 30.3 Å².